The first kappa shape index (κ1) is 13.0. The number of hydrogen-bond donors (Lipinski definition) is 2. The molecular formula is C12H21N5O. The molecular weight excluding hydrogens is 230 g/mol. The summed E-state index contributed by atoms with van der Waals surface area (Å²) < 4.78 is 0. The van der Waals surface area contributed by atoms with E-state index in [9.17, 15) is 4.79 Å². The quantitative estimate of drug-likeness (QED) is 0.825. The van der Waals surface area contributed by atoms with Crippen molar-refractivity contribution in [3.05, 3.63) is 11.6 Å². The SMILES string of the molecule is Cc1nc(CNC(=O)C2CCCCCN2C)n[nH]1. The van der Waals surface area contributed by atoms with Crippen LogP contribution in [0.4, 0.5) is 0 Å². The maximum absolute atomic E-state index is 12.1. The van der Waals surface area contributed by atoms with Gasteiger partial charge in [-0.2, -0.15) is 5.10 Å². The summed E-state index contributed by atoms with van der Waals surface area (Å²) in [7, 11) is 2.02. The van der Waals surface area contributed by atoms with Crippen molar-refractivity contribution in [2.45, 2.75) is 45.2 Å². The molecule has 1 aromatic rings. The van der Waals surface area contributed by atoms with Crippen LogP contribution < -0.4 is 5.32 Å². The van der Waals surface area contributed by atoms with Crippen LogP contribution in [-0.2, 0) is 11.3 Å². The van der Waals surface area contributed by atoms with Crippen molar-refractivity contribution in [2.24, 2.45) is 0 Å². The number of hydrogen-bond acceptors (Lipinski definition) is 4. The molecule has 2 N–H and O–H groups in total. The molecule has 1 aliphatic heterocycles. The maximum Gasteiger partial charge on any atom is 0.237 e. The van der Waals surface area contributed by atoms with E-state index in [1.165, 1.54) is 12.8 Å². The first-order chi connectivity index (χ1) is 8.66. The highest BCUT2D eigenvalue weighted by atomic mass is 16.2. The third-order valence-electron chi connectivity index (χ3n) is 3.39. The van der Waals surface area contributed by atoms with Crippen molar-refractivity contribution >= 4 is 5.91 Å². The predicted octanol–water partition coefficient (Wildman–Crippen LogP) is 0.604. The molecule has 0 radical (unpaired) electrons. The predicted molar refractivity (Wildman–Crippen MR) is 67.9 cm³/mol. The van der Waals surface area contributed by atoms with E-state index >= 15 is 0 Å². The number of nitrogens with one attached hydrogen (secondary N) is 2. The highest BCUT2D eigenvalue weighted by Crippen LogP contribution is 2.15. The number of H-pyrrole nitrogens is 1. The minimum Gasteiger partial charge on any atom is -0.347 e. The van der Waals surface area contributed by atoms with Crippen LogP contribution in [0.2, 0.25) is 0 Å². The number of rotatable bonds is 3. The monoisotopic (exact) mass is 251 g/mol. The van der Waals surface area contributed by atoms with Gasteiger partial charge in [0.25, 0.3) is 0 Å². The van der Waals surface area contributed by atoms with E-state index in [4.69, 9.17) is 0 Å². The second kappa shape index (κ2) is 5.95. The van der Waals surface area contributed by atoms with Gasteiger partial charge in [-0.05, 0) is 33.4 Å². The Bertz CT molecular complexity index is 403. The van der Waals surface area contributed by atoms with Crippen LogP contribution in [0.5, 0.6) is 0 Å². The van der Waals surface area contributed by atoms with Crippen LogP contribution in [0.25, 0.3) is 0 Å². The van der Waals surface area contributed by atoms with Crippen LogP contribution in [-0.4, -0.2) is 45.6 Å². The van der Waals surface area contributed by atoms with Crippen LogP contribution in [0.3, 0.4) is 0 Å². The summed E-state index contributed by atoms with van der Waals surface area (Å²) >= 11 is 0. The molecule has 6 nitrogen and oxygen atoms in total. The fourth-order valence-corrected chi connectivity index (χ4v) is 2.34. The summed E-state index contributed by atoms with van der Waals surface area (Å²) in [6, 6.07) is -0.00691. The van der Waals surface area contributed by atoms with Crippen molar-refractivity contribution in [1.82, 2.24) is 25.4 Å². The molecule has 0 spiro atoms. The van der Waals surface area contributed by atoms with Crippen molar-refractivity contribution in [3.63, 3.8) is 0 Å². The third-order valence-corrected chi connectivity index (χ3v) is 3.39. The van der Waals surface area contributed by atoms with Gasteiger partial charge in [-0.3, -0.25) is 14.8 Å². The van der Waals surface area contributed by atoms with Crippen molar-refractivity contribution < 1.29 is 4.79 Å². The van der Waals surface area contributed by atoms with E-state index in [1.807, 2.05) is 14.0 Å². The normalized spacial score (nSPS) is 21.6. The molecule has 0 aromatic carbocycles. The summed E-state index contributed by atoms with van der Waals surface area (Å²) in [4.78, 5) is 18.4. The average Bonchev–Trinajstić information content (AvgIpc) is 2.64. The van der Waals surface area contributed by atoms with Crippen LogP contribution in [0.1, 0.15) is 37.3 Å². The number of aromatic nitrogens is 3. The lowest BCUT2D eigenvalue weighted by Gasteiger charge is -2.24. The molecule has 1 aliphatic rings. The fraction of sp³-hybridized carbons (Fsp3) is 0.750. The van der Waals surface area contributed by atoms with E-state index in [0.29, 0.717) is 12.4 Å². The molecule has 100 valence electrons. The summed E-state index contributed by atoms with van der Waals surface area (Å²) in [5, 5.41) is 9.69. The van der Waals surface area contributed by atoms with Crippen LogP contribution in [0, 0.1) is 6.92 Å². The van der Waals surface area contributed by atoms with Gasteiger partial charge in [-0.25, -0.2) is 4.98 Å². The van der Waals surface area contributed by atoms with Crippen LogP contribution in [0.15, 0.2) is 0 Å². The molecule has 1 aromatic heterocycles. The highest BCUT2D eigenvalue weighted by Gasteiger charge is 2.24. The maximum atomic E-state index is 12.1. The highest BCUT2D eigenvalue weighted by molar-refractivity contribution is 5.81. The minimum atomic E-state index is -0.00691. The second-order valence-electron chi connectivity index (χ2n) is 4.90. The number of likely N-dealkylation sites (tertiary alicyclic amines) is 1. The van der Waals surface area contributed by atoms with Crippen LogP contribution >= 0.6 is 0 Å². The second-order valence-corrected chi connectivity index (χ2v) is 4.90. The molecule has 2 heterocycles. The molecule has 6 heteroatoms. The van der Waals surface area contributed by atoms with E-state index in [1.54, 1.807) is 0 Å². The Morgan fingerprint density at radius 2 is 2.33 bits per heavy atom. The number of amides is 1. The van der Waals surface area contributed by atoms with Gasteiger partial charge in [-0.15, -0.1) is 0 Å². The van der Waals surface area contributed by atoms with Gasteiger partial charge in [0.2, 0.25) is 5.91 Å². The first-order valence-corrected chi connectivity index (χ1v) is 6.52. The largest absolute Gasteiger partial charge is 0.347 e. The Kier molecular flexibility index (Phi) is 4.30. The minimum absolute atomic E-state index is 0.00691. The Hall–Kier alpha value is -1.43. The summed E-state index contributed by atoms with van der Waals surface area (Å²) in [5.74, 6) is 1.49. The number of aryl methyl sites for hydroxylation is 1. The topological polar surface area (TPSA) is 73.9 Å². The standard InChI is InChI=1S/C12H21N5O/c1-9-14-11(16-15-9)8-13-12(18)10-6-4-3-5-7-17(10)2/h10H,3-8H2,1-2H3,(H,13,18)(H,14,15,16). The smallest absolute Gasteiger partial charge is 0.237 e. The lowest BCUT2D eigenvalue weighted by atomic mass is 10.1. The molecule has 1 saturated heterocycles. The summed E-state index contributed by atoms with van der Waals surface area (Å²) in [6.07, 6.45) is 4.46. The number of aromatic amines is 1. The Labute approximate surface area is 107 Å². The zero-order chi connectivity index (χ0) is 13.0. The first-order valence-electron chi connectivity index (χ1n) is 6.52. The van der Waals surface area contributed by atoms with Gasteiger partial charge in [0.15, 0.2) is 5.82 Å². The van der Waals surface area contributed by atoms with Crippen molar-refractivity contribution in [2.75, 3.05) is 13.6 Å². The van der Waals surface area contributed by atoms with Crippen molar-refractivity contribution in [1.29, 1.82) is 0 Å². The van der Waals surface area contributed by atoms with E-state index in [0.717, 1.165) is 25.2 Å². The van der Waals surface area contributed by atoms with E-state index in [2.05, 4.69) is 25.4 Å². The molecule has 0 saturated carbocycles. The van der Waals surface area contributed by atoms with Gasteiger partial charge in [0.1, 0.15) is 5.82 Å². The number of nitrogens with zero attached hydrogens (tertiary/aromatic N) is 3. The summed E-state index contributed by atoms with van der Waals surface area (Å²) in [6.45, 7) is 3.24. The number of carbonyl (C=O) groups is 1. The van der Waals surface area contributed by atoms with Gasteiger partial charge in [0.05, 0.1) is 12.6 Å². The average molecular weight is 251 g/mol. The Balaban J connectivity index is 1.86. The van der Waals surface area contributed by atoms with Crippen molar-refractivity contribution in [3.8, 4) is 0 Å². The third kappa shape index (κ3) is 3.29. The molecule has 1 atom stereocenters. The van der Waals surface area contributed by atoms with Gasteiger partial charge < -0.3 is 5.32 Å². The molecule has 18 heavy (non-hydrogen) atoms. The Morgan fingerprint density at radius 1 is 1.50 bits per heavy atom. The number of likely N-dealkylation sites (N-methyl/N-ethyl adjacent to an activating group) is 1. The van der Waals surface area contributed by atoms with Gasteiger partial charge in [-0.1, -0.05) is 12.8 Å². The summed E-state index contributed by atoms with van der Waals surface area (Å²) in [5.41, 5.74) is 0. The lowest BCUT2D eigenvalue weighted by Crippen LogP contribution is -2.44. The molecule has 1 fully saturated rings. The fourth-order valence-electron chi connectivity index (χ4n) is 2.34. The van der Waals surface area contributed by atoms with E-state index < -0.39 is 0 Å². The number of carbonyl (C=O) groups excluding carboxylic acids is 1. The van der Waals surface area contributed by atoms with Gasteiger partial charge >= 0.3 is 0 Å². The zero-order valence-corrected chi connectivity index (χ0v) is 11.1. The molecule has 1 amide bonds. The molecule has 0 bridgehead atoms. The molecule has 0 aliphatic carbocycles. The molecule has 2 rings (SSSR count). The van der Waals surface area contributed by atoms with Gasteiger partial charge in [0, 0.05) is 0 Å². The zero-order valence-electron chi connectivity index (χ0n) is 11.1. The lowest BCUT2D eigenvalue weighted by molar-refractivity contribution is -0.126. The Morgan fingerprint density at radius 3 is 3.06 bits per heavy atom. The van der Waals surface area contributed by atoms with E-state index in [-0.39, 0.29) is 11.9 Å². The molecule has 1 unspecified atom stereocenters.